The lowest BCUT2D eigenvalue weighted by Crippen LogP contribution is -2.54. The Morgan fingerprint density at radius 1 is 0.582 bits per heavy atom. The Bertz CT molecular complexity index is 3010. The zero-order valence-electron chi connectivity index (χ0n) is 55.0. The molecule has 3 aromatic rings. The first-order valence-electron chi connectivity index (χ1n) is 32.0. The highest BCUT2D eigenvalue weighted by Gasteiger charge is 2.51. The summed E-state index contributed by atoms with van der Waals surface area (Å²) >= 11 is 0. The van der Waals surface area contributed by atoms with E-state index < -0.39 is 72.2 Å². The van der Waals surface area contributed by atoms with E-state index >= 15 is 0 Å². The number of hydrogen-bond acceptors (Lipinski definition) is 18. The Balaban J connectivity index is 0.986. The minimum Gasteiger partial charge on any atom is -0.493 e. The van der Waals surface area contributed by atoms with E-state index in [-0.39, 0.29) is 83.6 Å². The molecular formula is C68H93N7O16. The molecule has 0 saturated carbocycles. The monoisotopic (exact) mass is 1260 g/mol. The van der Waals surface area contributed by atoms with Gasteiger partial charge in [-0.05, 0) is 168 Å². The van der Waals surface area contributed by atoms with Crippen molar-refractivity contribution in [1.82, 2.24) is 20.0 Å². The average Bonchev–Trinajstić information content (AvgIpc) is 1.63. The number of fused-ring (bicyclic) bond motifs is 4. The van der Waals surface area contributed by atoms with Crippen LogP contribution in [0.15, 0.2) is 66.8 Å². The number of hydrogen-bond donors (Lipinski definition) is 1. The molecule has 0 aliphatic carbocycles. The van der Waals surface area contributed by atoms with Gasteiger partial charge < -0.3 is 72.1 Å². The number of benzene rings is 3. The molecule has 0 radical (unpaired) electrons. The summed E-state index contributed by atoms with van der Waals surface area (Å²) in [6.07, 6.45) is 1.12. The molecule has 0 bridgehead atoms. The van der Waals surface area contributed by atoms with Gasteiger partial charge in [-0.25, -0.2) is 24.2 Å². The summed E-state index contributed by atoms with van der Waals surface area (Å²) in [7, 11) is 3.00. The lowest BCUT2D eigenvalue weighted by Gasteiger charge is -2.39. The fourth-order valence-electron chi connectivity index (χ4n) is 12.7. The van der Waals surface area contributed by atoms with Crippen LogP contribution in [0.2, 0.25) is 0 Å². The van der Waals surface area contributed by atoms with Crippen LogP contribution >= 0.6 is 0 Å². The van der Waals surface area contributed by atoms with Crippen LogP contribution in [0.25, 0.3) is 0 Å². The van der Waals surface area contributed by atoms with Gasteiger partial charge in [0, 0.05) is 76.8 Å². The number of piperazine rings is 1. The minimum absolute atomic E-state index is 0.00326. The highest BCUT2D eigenvalue weighted by Crippen LogP contribution is 2.46. The molecule has 7 aliphatic heterocycles. The van der Waals surface area contributed by atoms with Gasteiger partial charge in [-0.2, -0.15) is 0 Å². The summed E-state index contributed by atoms with van der Waals surface area (Å²) in [4.78, 5) is 82.6. The SMILES string of the molecule is C=C1C[C@H]2[C@H](OC3CCCCO3)N(C(=O)OC(C)(C)C)c3cc(OCc4cc(COc5cc6c(cc5OC)C(=O)N5CC(=C)C[C@H]5[C@H](OC5CCCCO5)N6C(=O)OC(C)(C)C)cc(N5CCN(CCCNC(=O)OC(C)(C)C)CC5)c4)c(OC)cc3C(=O)N2C1. The lowest BCUT2D eigenvalue weighted by molar-refractivity contribution is -0.196. The van der Waals surface area contributed by atoms with Crippen LogP contribution in [0, 0.1) is 0 Å². The van der Waals surface area contributed by atoms with Gasteiger partial charge in [0.15, 0.2) is 48.0 Å². The molecule has 0 spiro atoms. The zero-order chi connectivity index (χ0) is 65.1. The second-order valence-electron chi connectivity index (χ2n) is 27.5. The molecule has 496 valence electrons. The predicted octanol–water partition coefficient (Wildman–Crippen LogP) is 10.7. The van der Waals surface area contributed by atoms with Crippen LogP contribution in [0.3, 0.4) is 0 Å². The number of methoxy groups -OCH3 is 2. The molecule has 3 aromatic carbocycles. The van der Waals surface area contributed by atoms with Gasteiger partial charge in [-0.15, -0.1) is 0 Å². The van der Waals surface area contributed by atoms with E-state index in [1.165, 1.54) is 24.0 Å². The van der Waals surface area contributed by atoms with Crippen LogP contribution in [-0.2, 0) is 46.4 Å². The highest BCUT2D eigenvalue weighted by molar-refractivity contribution is 6.07. The standard InChI is InChI=1S/C68H93N7O16/c1-42-29-51-61(87-57-19-14-16-27-83-57)74(64(79)90-67(6,7)8)49-36-55(53(81-12)34-47(49)59(76)72(51)38-42)85-40-44-31-45(33-46(32-44)71-25-23-70(24-26-71)22-18-21-69-63(78)89-66(3,4)5)41-86-56-37-50-48(35-54(56)82-13)60(77)73-39-43(2)30-52(73)62(88-58-20-15-17-28-84-58)75(50)65(80)91-68(9,10)11/h31-37,51-52,57-58,61-62H,1-2,14-30,38-41H2,3-13H3,(H,69,78)/t51-,52-,57?,58?,61-,62-/m0/s1. The van der Waals surface area contributed by atoms with Crippen molar-refractivity contribution < 1.29 is 76.1 Å². The number of carbonyl (C=O) groups excluding carboxylic acids is 5. The van der Waals surface area contributed by atoms with Crippen molar-refractivity contribution in [3.63, 3.8) is 0 Å². The molecule has 7 aliphatic rings. The summed E-state index contributed by atoms with van der Waals surface area (Å²) < 4.78 is 69.0. The molecule has 0 aromatic heterocycles. The van der Waals surface area contributed by atoms with Crippen molar-refractivity contribution in [3.05, 3.63) is 89.0 Å². The third-order valence-electron chi connectivity index (χ3n) is 16.7. The number of anilines is 3. The Kier molecular flexibility index (Phi) is 20.4. The molecule has 91 heavy (non-hydrogen) atoms. The number of alkyl carbamates (subject to hydrolysis) is 1. The lowest BCUT2D eigenvalue weighted by atomic mass is 10.1. The fraction of sp³-hybridized carbons (Fsp3) is 0.603. The molecule has 7 heterocycles. The smallest absolute Gasteiger partial charge is 0.417 e. The Hall–Kier alpha value is -7.31. The number of ether oxygens (including phenoxy) is 11. The third kappa shape index (κ3) is 16.1. The maximum atomic E-state index is 14.9. The highest BCUT2D eigenvalue weighted by atomic mass is 16.7. The largest absolute Gasteiger partial charge is 0.493 e. The van der Waals surface area contributed by atoms with E-state index in [9.17, 15) is 24.0 Å². The van der Waals surface area contributed by atoms with Crippen molar-refractivity contribution in [2.75, 3.05) is 94.5 Å². The summed E-state index contributed by atoms with van der Waals surface area (Å²) in [5, 5.41) is 2.87. The zero-order valence-corrected chi connectivity index (χ0v) is 55.0. The summed E-state index contributed by atoms with van der Waals surface area (Å²) in [6.45, 7) is 30.4. The molecule has 1 N–H and O–H groups in total. The molecule has 5 saturated heterocycles. The molecule has 23 nitrogen and oxygen atoms in total. The Morgan fingerprint density at radius 3 is 1.44 bits per heavy atom. The van der Waals surface area contributed by atoms with E-state index in [2.05, 4.69) is 40.4 Å². The number of nitrogens with one attached hydrogen (secondary N) is 1. The number of rotatable bonds is 17. The van der Waals surface area contributed by atoms with Crippen molar-refractivity contribution in [3.8, 4) is 23.0 Å². The first-order chi connectivity index (χ1) is 43.2. The van der Waals surface area contributed by atoms with Crippen molar-refractivity contribution in [2.24, 2.45) is 0 Å². The quantitative estimate of drug-likeness (QED) is 0.0755. The second kappa shape index (κ2) is 27.9. The van der Waals surface area contributed by atoms with E-state index in [0.29, 0.717) is 58.5 Å². The maximum absolute atomic E-state index is 14.9. The van der Waals surface area contributed by atoms with E-state index in [4.69, 9.17) is 52.1 Å². The molecular weight excluding hydrogens is 1170 g/mol. The predicted molar refractivity (Wildman–Crippen MR) is 340 cm³/mol. The van der Waals surface area contributed by atoms with E-state index in [0.717, 1.165) is 79.7 Å². The summed E-state index contributed by atoms with van der Waals surface area (Å²) in [5.41, 5.74) is 2.49. The first-order valence-corrected chi connectivity index (χ1v) is 32.0. The van der Waals surface area contributed by atoms with Crippen LogP contribution in [0.4, 0.5) is 31.4 Å². The number of carbonyl (C=O) groups is 5. The van der Waals surface area contributed by atoms with Crippen LogP contribution in [0.5, 0.6) is 23.0 Å². The minimum atomic E-state index is -1.01. The van der Waals surface area contributed by atoms with Crippen molar-refractivity contribution >= 4 is 47.2 Å². The van der Waals surface area contributed by atoms with Crippen LogP contribution in [-0.4, -0.2) is 179 Å². The van der Waals surface area contributed by atoms with Crippen LogP contribution < -0.4 is 39.0 Å². The molecule has 5 amide bonds. The van der Waals surface area contributed by atoms with Gasteiger partial charge in [-0.3, -0.25) is 14.5 Å². The Morgan fingerprint density at radius 2 is 1.03 bits per heavy atom. The molecule has 6 atom stereocenters. The van der Waals surface area contributed by atoms with Gasteiger partial charge in [0.1, 0.15) is 30.0 Å². The molecule has 2 unspecified atom stereocenters. The van der Waals surface area contributed by atoms with E-state index in [1.54, 1.807) is 75.6 Å². The van der Waals surface area contributed by atoms with Crippen LogP contribution in [0.1, 0.15) is 152 Å². The maximum Gasteiger partial charge on any atom is 0.417 e. The fourth-order valence-corrected chi connectivity index (χ4v) is 12.7. The molecule has 5 fully saturated rings. The first kappa shape index (κ1) is 66.6. The Labute approximate surface area is 535 Å². The van der Waals surface area contributed by atoms with Gasteiger partial charge in [0.05, 0.1) is 48.8 Å². The topological polar surface area (TPSA) is 218 Å². The van der Waals surface area contributed by atoms with Gasteiger partial charge in [0.25, 0.3) is 11.8 Å². The normalized spacial score (nSPS) is 23.1. The second-order valence-corrected chi connectivity index (χ2v) is 27.5. The number of nitrogens with zero attached hydrogens (tertiary/aromatic N) is 6. The number of amides is 5. The summed E-state index contributed by atoms with van der Waals surface area (Å²) in [6, 6.07) is 11.4. The third-order valence-corrected chi connectivity index (χ3v) is 16.7. The summed E-state index contributed by atoms with van der Waals surface area (Å²) in [5.74, 6) is 0.368. The molecule has 23 heteroatoms. The molecule has 10 rings (SSSR count). The van der Waals surface area contributed by atoms with Gasteiger partial charge in [0.2, 0.25) is 0 Å². The van der Waals surface area contributed by atoms with Gasteiger partial charge in [-0.1, -0.05) is 24.3 Å². The van der Waals surface area contributed by atoms with Crippen molar-refractivity contribution in [2.45, 2.75) is 187 Å². The van der Waals surface area contributed by atoms with Crippen molar-refractivity contribution in [1.29, 1.82) is 0 Å². The van der Waals surface area contributed by atoms with Gasteiger partial charge >= 0.3 is 18.3 Å². The van der Waals surface area contributed by atoms with E-state index in [1.807, 2.05) is 26.8 Å². The average molecular weight is 1260 g/mol.